The van der Waals surface area contributed by atoms with Crippen LogP contribution in [0.15, 0.2) is 0 Å². The van der Waals surface area contributed by atoms with Crippen molar-refractivity contribution in [3.63, 3.8) is 0 Å². The average molecular weight is 196 g/mol. The summed E-state index contributed by atoms with van der Waals surface area (Å²) in [5.74, 6) is 0. The van der Waals surface area contributed by atoms with Gasteiger partial charge in [0.25, 0.3) is 0 Å². The molecule has 12 heavy (non-hydrogen) atoms. The maximum Gasteiger partial charge on any atom is 0.474 e. The Morgan fingerprint density at radius 3 is 1.75 bits per heavy atom. The third kappa shape index (κ3) is 4.88. The first kappa shape index (κ1) is 12.1. The lowest BCUT2D eigenvalue weighted by atomic mass is 10.5. The van der Waals surface area contributed by atoms with Gasteiger partial charge in [-0.05, 0) is 12.8 Å². The molecule has 0 aromatic rings. The van der Waals surface area contributed by atoms with Gasteiger partial charge in [-0.2, -0.15) is 0 Å². The van der Waals surface area contributed by atoms with Crippen LogP contribution >= 0.6 is 7.82 Å². The predicted octanol–water partition coefficient (Wildman–Crippen LogP) is 2.59. The summed E-state index contributed by atoms with van der Waals surface area (Å²) < 4.78 is 26.0. The van der Waals surface area contributed by atoms with Crippen LogP contribution in [-0.4, -0.2) is 20.3 Å². The lowest BCUT2D eigenvalue weighted by Crippen LogP contribution is -1.99. The summed E-state index contributed by atoms with van der Waals surface area (Å²) in [4.78, 5) is 0. The summed E-state index contributed by atoms with van der Waals surface area (Å²) >= 11 is 0. The quantitative estimate of drug-likeness (QED) is 0.587. The highest BCUT2D eigenvalue weighted by molar-refractivity contribution is 7.48. The van der Waals surface area contributed by atoms with Crippen molar-refractivity contribution < 1.29 is 18.1 Å². The molecule has 0 saturated heterocycles. The van der Waals surface area contributed by atoms with Crippen molar-refractivity contribution in [2.45, 2.75) is 26.7 Å². The SMILES string of the molecule is CCCOP(=O)(OC)OCCC. The Morgan fingerprint density at radius 2 is 1.50 bits per heavy atom. The van der Waals surface area contributed by atoms with E-state index in [1.807, 2.05) is 13.8 Å². The van der Waals surface area contributed by atoms with E-state index in [9.17, 15) is 4.57 Å². The molecule has 0 atom stereocenters. The van der Waals surface area contributed by atoms with Crippen molar-refractivity contribution in [2.24, 2.45) is 0 Å². The van der Waals surface area contributed by atoms with Gasteiger partial charge in [0.05, 0.1) is 13.2 Å². The van der Waals surface area contributed by atoms with Crippen LogP contribution in [-0.2, 0) is 18.1 Å². The minimum atomic E-state index is -3.23. The van der Waals surface area contributed by atoms with Crippen LogP contribution in [0.2, 0.25) is 0 Å². The largest absolute Gasteiger partial charge is 0.474 e. The third-order valence-corrected chi connectivity index (χ3v) is 2.58. The van der Waals surface area contributed by atoms with Crippen LogP contribution in [0.1, 0.15) is 26.7 Å². The Bertz CT molecular complexity index is 136. The number of phosphoric ester groups is 1. The summed E-state index contributed by atoms with van der Waals surface area (Å²) in [7, 11) is -1.91. The first-order chi connectivity index (χ1) is 5.68. The van der Waals surface area contributed by atoms with Crippen LogP contribution in [0.25, 0.3) is 0 Å². The summed E-state index contributed by atoms with van der Waals surface area (Å²) in [6.45, 7) is 4.66. The molecule has 0 fully saturated rings. The molecule has 0 spiro atoms. The average Bonchev–Trinajstić information content (AvgIpc) is 2.11. The first-order valence-corrected chi connectivity index (χ1v) is 5.59. The lowest BCUT2D eigenvalue weighted by Gasteiger charge is -2.14. The molecule has 5 heteroatoms. The summed E-state index contributed by atoms with van der Waals surface area (Å²) in [5.41, 5.74) is 0. The summed E-state index contributed by atoms with van der Waals surface area (Å²) in [6.07, 6.45) is 1.59. The second-order valence-electron chi connectivity index (χ2n) is 2.30. The molecular formula is C7H17O4P. The van der Waals surface area contributed by atoms with E-state index in [1.54, 1.807) is 0 Å². The molecule has 0 aliphatic carbocycles. The normalized spacial score (nSPS) is 11.9. The van der Waals surface area contributed by atoms with Gasteiger partial charge in [-0.1, -0.05) is 13.8 Å². The third-order valence-electron chi connectivity index (χ3n) is 1.13. The van der Waals surface area contributed by atoms with E-state index in [4.69, 9.17) is 9.05 Å². The van der Waals surface area contributed by atoms with Gasteiger partial charge in [0.2, 0.25) is 0 Å². The van der Waals surface area contributed by atoms with Crippen molar-refractivity contribution in [1.82, 2.24) is 0 Å². The van der Waals surface area contributed by atoms with Crippen LogP contribution in [0.5, 0.6) is 0 Å². The van der Waals surface area contributed by atoms with Gasteiger partial charge < -0.3 is 0 Å². The van der Waals surface area contributed by atoms with Gasteiger partial charge in [0.1, 0.15) is 0 Å². The van der Waals surface area contributed by atoms with E-state index in [0.29, 0.717) is 13.2 Å². The molecule has 0 N–H and O–H groups in total. The Morgan fingerprint density at radius 1 is 1.08 bits per heavy atom. The summed E-state index contributed by atoms with van der Waals surface area (Å²) in [5, 5.41) is 0. The molecule has 0 unspecified atom stereocenters. The van der Waals surface area contributed by atoms with Crippen molar-refractivity contribution >= 4 is 7.82 Å². The lowest BCUT2D eigenvalue weighted by molar-refractivity contribution is 0.131. The van der Waals surface area contributed by atoms with Crippen LogP contribution in [0.3, 0.4) is 0 Å². The zero-order valence-electron chi connectivity index (χ0n) is 7.91. The van der Waals surface area contributed by atoms with Gasteiger partial charge in [0, 0.05) is 7.11 Å². The highest BCUT2D eigenvalue weighted by atomic mass is 31.2. The molecule has 0 aliphatic heterocycles. The Hall–Kier alpha value is 0.110. The standard InChI is InChI=1S/C7H17O4P/c1-4-6-10-12(8,9-3)11-7-5-2/h4-7H2,1-3H3. The predicted molar refractivity (Wildman–Crippen MR) is 47.1 cm³/mol. The van der Waals surface area contributed by atoms with Gasteiger partial charge in [-0.25, -0.2) is 4.57 Å². The molecule has 0 radical (unpaired) electrons. The molecule has 0 rings (SSSR count). The topological polar surface area (TPSA) is 44.8 Å². The monoisotopic (exact) mass is 196 g/mol. The van der Waals surface area contributed by atoms with Crippen molar-refractivity contribution in [1.29, 1.82) is 0 Å². The number of rotatable bonds is 7. The molecule has 74 valence electrons. The molecule has 0 heterocycles. The molecular weight excluding hydrogens is 179 g/mol. The minimum Gasteiger partial charge on any atom is -0.290 e. The van der Waals surface area contributed by atoms with Crippen LogP contribution in [0, 0.1) is 0 Å². The molecule has 0 bridgehead atoms. The maximum atomic E-state index is 11.4. The fourth-order valence-electron chi connectivity index (χ4n) is 0.549. The fraction of sp³-hybridized carbons (Fsp3) is 1.00. The van der Waals surface area contributed by atoms with E-state index in [-0.39, 0.29) is 0 Å². The van der Waals surface area contributed by atoms with Gasteiger partial charge in [-0.15, -0.1) is 0 Å². The van der Waals surface area contributed by atoms with Gasteiger partial charge in [0.15, 0.2) is 0 Å². The number of phosphoric acid groups is 1. The second kappa shape index (κ2) is 6.61. The first-order valence-electron chi connectivity index (χ1n) is 4.13. The van der Waals surface area contributed by atoms with Gasteiger partial charge >= 0.3 is 7.82 Å². The number of hydrogen-bond acceptors (Lipinski definition) is 4. The van der Waals surface area contributed by atoms with Crippen LogP contribution in [0.4, 0.5) is 0 Å². The maximum absolute atomic E-state index is 11.4. The molecule has 0 saturated carbocycles. The van der Waals surface area contributed by atoms with Crippen molar-refractivity contribution in [3.8, 4) is 0 Å². The van der Waals surface area contributed by atoms with Crippen molar-refractivity contribution in [2.75, 3.05) is 20.3 Å². The number of hydrogen-bond donors (Lipinski definition) is 0. The Balaban J connectivity index is 3.79. The highest BCUT2D eigenvalue weighted by Crippen LogP contribution is 2.48. The van der Waals surface area contributed by atoms with Gasteiger partial charge in [-0.3, -0.25) is 13.6 Å². The zero-order chi connectivity index (χ0) is 9.45. The van der Waals surface area contributed by atoms with E-state index in [2.05, 4.69) is 4.52 Å². The minimum absolute atomic E-state index is 0.398. The second-order valence-corrected chi connectivity index (χ2v) is 4.07. The zero-order valence-corrected chi connectivity index (χ0v) is 8.80. The summed E-state index contributed by atoms with van der Waals surface area (Å²) in [6, 6.07) is 0. The van der Waals surface area contributed by atoms with Crippen LogP contribution < -0.4 is 0 Å². The molecule has 4 nitrogen and oxygen atoms in total. The molecule has 0 aliphatic rings. The smallest absolute Gasteiger partial charge is 0.290 e. The molecule has 0 aromatic heterocycles. The van der Waals surface area contributed by atoms with E-state index >= 15 is 0 Å². The van der Waals surface area contributed by atoms with Crippen molar-refractivity contribution in [3.05, 3.63) is 0 Å². The molecule has 0 aromatic carbocycles. The fourth-order valence-corrected chi connectivity index (χ4v) is 1.65. The Kier molecular flexibility index (Phi) is 6.67. The van der Waals surface area contributed by atoms with E-state index < -0.39 is 7.82 Å². The Labute approximate surface area is 73.8 Å². The molecule has 0 amide bonds. The van der Waals surface area contributed by atoms with E-state index in [1.165, 1.54) is 7.11 Å². The highest BCUT2D eigenvalue weighted by Gasteiger charge is 2.23. The van der Waals surface area contributed by atoms with E-state index in [0.717, 1.165) is 12.8 Å².